The van der Waals surface area contributed by atoms with Crippen LogP contribution in [0.4, 0.5) is 0 Å². The molecule has 1 N–H and O–H groups in total. The monoisotopic (exact) mass is 255 g/mol. The molecule has 1 aliphatic heterocycles. The molecule has 4 heteroatoms. The maximum absolute atomic E-state index is 12.4. The first kappa shape index (κ1) is 15.0. The van der Waals surface area contributed by atoms with Crippen molar-refractivity contribution >= 4 is 11.9 Å². The van der Waals surface area contributed by atoms with Gasteiger partial charge in [-0.05, 0) is 25.2 Å². The molecule has 1 amide bonds. The van der Waals surface area contributed by atoms with Crippen LogP contribution in [-0.4, -0.2) is 34.0 Å². The molecule has 0 saturated carbocycles. The Kier molecular flexibility index (Phi) is 4.77. The highest BCUT2D eigenvalue weighted by Gasteiger charge is 2.49. The van der Waals surface area contributed by atoms with Crippen molar-refractivity contribution in [3.63, 3.8) is 0 Å². The molecule has 0 bridgehead atoms. The molecular weight excluding hydrogens is 230 g/mol. The molecule has 1 rings (SSSR count). The second kappa shape index (κ2) is 5.72. The SMILES string of the molecule is CCCC1(C(=O)O)CCCN1C(=O)C(C)C(C)C. The van der Waals surface area contributed by atoms with Crippen LogP contribution in [0.15, 0.2) is 0 Å². The Morgan fingerprint density at radius 2 is 1.94 bits per heavy atom. The van der Waals surface area contributed by atoms with Crippen molar-refractivity contribution in [2.75, 3.05) is 6.54 Å². The number of carbonyl (C=O) groups excluding carboxylic acids is 1. The third-order valence-electron chi connectivity index (χ3n) is 4.21. The molecule has 104 valence electrons. The summed E-state index contributed by atoms with van der Waals surface area (Å²) < 4.78 is 0. The highest BCUT2D eigenvalue weighted by atomic mass is 16.4. The minimum Gasteiger partial charge on any atom is -0.479 e. The zero-order valence-corrected chi connectivity index (χ0v) is 11.9. The highest BCUT2D eigenvalue weighted by Crippen LogP contribution is 2.35. The summed E-state index contributed by atoms with van der Waals surface area (Å²) in [5.74, 6) is -0.714. The lowest BCUT2D eigenvalue weighted by molar-refractivity contribution is -0.159. The quantitative estimate of drug-likeness (QED) is 0.821. The highest BCUT2D eigenvalue weighted by molar-refractivity contribution is 5.88. The smallest absolute Gasteiger partial charge is 0.329 e. The van der Waals surface area contributed by atoms with E-state index in [2.05, 4.69) is 0 Å². The van der Waals surface area contributed by atoms with Crippen molar-refractivity contribution < 1.29 is 14.7 Å². The molecular formula is C14H25NO3. The minimum atomic E-state index is -0.949. The van der Waals surface area contributed by atoms with E-state index in [0.717, 1.165) is 12.8 Å². The summed E-state index contributed by atoms with van der Waals surface area (Å²) in [5, 5.41) is 9.54. The van der Waals surface area contributed by atoms with Gasteiger partial charge in [-0.2, -0.15) is 0 Å². The number of hydrogen-bond acceptors (Lipinski definition) is 2. The van der Waals surface area contributed by atoms with E-state index < -0.39 is 11.5 Å². The van der Waals surface area contributed by atoms with E-state index in [0.29, 0.717) is 19.4 Å². The normalized spacial score (nSPS) is 25.5. The van der Waals surface area contributed by atoms with Gasteiger partial charge in [0.2, 0.25) is 5.91 Å². The van der Waals surface area contributed by atoms with Gasteiger partial charge in [0.15, 0.2) is 0 Å². The number of amides is 1. The summed E-state index contributed by atoms with van der Waals surface area (Å²) in [6, 6.07) is 0. The predicted octanol–water partition coefficient (Wildman–Crippen LogP) is 2.52. The molecule has 0 aromatic carbocycles. The van der Waals surface area contributed by atoms with Crippen LogP contribution < -0.4 is 0 Å². The number of likely N-dealkylation sites (tertiary alicyclic amines) is 1. The van der Waals surface area contributed by atoms with Crippen molar-refractivity contribution in [2.24, 2.45) is 11.8 Å². The maximum atomic E-state index is 12.4. The van der Waals surface area contributed by atoms with Gasteiger partial charge in [0.1, 0.15) is 5.54 Å². The number of nitrogens with zero attached hydrogens (tertiary/aromatic N) is 1. The zero-order chi connectivity index (χ0) is 13.9. The summed E-state index contributed by atoms with van der Waals surface area (Å²) >= 11 is 0. The van der Waals surface area contributed by atoms with Crippen molar-refractivity contribution in [3.05, 3.63) is 0 Å². The van der Waals surface area contributed by atoms with Crippen LogP contribution in [0.3, 0.4) is 0 Å². The average Bonchev–Trinajstić information content (AvgIpc) is 2.72. The Hall–Kier alpha value is -1.06. The van der Waals surface area contributed by atoms with Gasteiger partial charge < -0.3 is 10.0 Å². The maximum Gasteiger partial charge on any atom is 0.329 e. The first-order valence-electron chi connectivity index (χ1n) is 6.91. The van der Waals surface area contributed by atoms with Gasteiger partial charge in [0, 0.05) is 12.5 Å². The summed E-state index contributed by atoms with van der Waals surface area (Å²) in [6.07, 6.45) is 2.72. The van der Waals surface area contributed by atoms with Crippen molar-refractivity contribution in [1.82, 2.24) is 4.90 Å². The third kappa shape index (κ3) is 2.52. The largest absolute Gasteiger partial charge is 0.479 e. The first-order valence-corrected chi connectivity index (χ1v) is 6.91. The molecule has 18 heavy (non-hydrogen) atoms. The molecule has 4 nitrogen and oxygen atoms in total. The summed E-state index contributed by atoms with van der Waals surface area (Å²) in [5.41, 5.74) is -0.949. The lowest BCUT2D eigenvalue weighted by Gasteiger charge is -2.37. The van der Waals surface area contributed by atoms with E-state index in [1.54, 1.807) is 4.90 Å². The number of rotatable bonds is 5. The molecule has 1 saturated heterocycles. The van der Waals surface area contributed by atoms with Crippen LogP contribution in [0.25, 0.3) is 0 Å². The lowest BCUT2D eigenvalue weighted by atomic mass is 9.88. The Morgan fingerprint density at radius 3 is 2.39 bits per heavy atom. The van der Waals surface area contributed by atoms with Gasteiger partial charge in [-0.25, -0.2) is 4.79 Å². The fraction of sp³-hybridized carbons (Fsp3) is 0.857. The van der Waals surface area contributed by atoms with Gasteiger partial charge in [-0.3, -0.25) is 4.79 Å². The number of aliphatic carboxylic acids is 1. The van der Waals surface area contributed by atoms with E-state index in [1.165, 1.54) is 0 Å². The van der Waals surface area contributed by atoms with Gasteiger partial charge >= 0.3 is 5.97 Å². The van der Waals surface area contributed by atoms with E-state index in [4.69, 9.17) is 0 Å². The Bertz CT molecular complexity index is 327. The molecule has 1 heterocycles. The van der Waals surface area contributed by atoms with Crippen LogP contribution in [-0.2, 0) is 9.59 Å². The number of carboxylic acid groups (broad SMARTS) is 1. The second-order valence-corrected chi connectivity index (χ2v) is 5.71. The minimum absolute atomic E-state index is 0.00153. The summed E-state index contributed by atoms with van der Waals surface area (Å²) in [6.45, 7) is 8.45. The van der Waals surface area contributed by atoms with E-state index in [1.807, 2.05) is 27.7 Å². The molecule has 0 aromatic rings. The molecule has 0 spiro atoms. The van der Waals surface area contributed by atoms with Gasteiger partial charge in [-0.15, -0.1) is 0 Å². The Morgan fingerprint density at radius 1 is 1.33 bits per heavy atom. The second-order valence-electron chi connectivity index (χ2n) is 5.71. The molecule has 2 atom stereocenters. The first-order chi connectivity index (χ1) is 8.36. The van der Waals surface area contributed by atoms with Gasteiger partial charge in [0.05, 0.1) is 0 Å². The lowest BCUT2D eigenvalue weighted by Crippen LogP contribution is -2.54. The van der Waals surface area contributed by atoms with Gasteiger partial charge in [-0.1, -0.05) is 34.1 Å². The zero-order valence-electron chi connectivity index (χ0n) is 11.9. The molecule has 0 radical (unpaired) electrons. The topological polar surface area (TPSA) is 57.6 Å². The molecule has 2 unspecified atom stereocenters. The van der Waals surface area contributed by atoms with Crippen LogP contribution in [0.5, 0.6) is 0 Å². The Balaban J connectivity index is 2.98. The van der Waals surface area contributed by atoms with Crippen LogP contribution in [0, 0.1) is 11.8 Å². The van der Waals surface area contributed by atoms with Gasteiger partial charge in [0.25, 0.3) is 0 Å². The van der Waals surface area contributed by atoms with E-state index in [9.17, 15) is 14.7 Å². The summed E-state index contributed by atoms with van der Waals surface area (Å²) in [7, 11) is 0. The third-order valence-corrected chi connectivity index (χ3v) is 4.21. The Labute approximate surface area is 109 Å². The standard InChI is InChI=1S/C14H25NO3/c1-5-7-14(13(17)18)8-6-9-15(14)12(16)11(4)10(2)3/h10-11H,5-9H2,1-4H3,(H,17,18). The number of carboxylic acids is 1. The van der Waals surface area contributed by atoms with Crippen LogP contribution >= 0.6 is 0 Å². The number of hydrogen-bond donors (Lipinski definition) is 1. The van der Waals surface area contributed by atoms with Crippen molar-refractivity contribution in [2.45, 2.75) is 58.9 Å². The fourth-order valence-corrected chi connectivity index (χ4v) is 2.73. The predicted molar refractivity (Wildman–Crippen MR) is 70.2 cm³/mol. The van der Waals surface area contributed by atoms with E-state index in [-0.39, 0.29) is 17.7 Å². The van der Waals surface area contributed by atoms with Crippen molar-refractivity contribution in [3.8, 4) is 0 Å². The van der Waals surface area contributed by atoms with Crippen LogP contribution in [0.2, 0.25) is 0 Å². The van der Waals surface area contributed by atoms with Crippen molar-refractivity contribution in [1.29, 1.82) is 0 Å². The molecule has 0 aliphatic carbocycles. The van der Waals surface area contributed by atoms with Crippen LogP contribution in [0.1, 0.15) is 53.4 Å². The molecule has 1 fully saturated rings. The van der Waals surface area contributed by atoms with E-state index >= 15 is 0 Å². The fourth-order valence-electron chi connectivity index (χ4n) is 2.73. The average molecular weight is 255 g/mol. The molecule has 0 aromatic heterocycles. The number of carbonyl (C=O) groups is 2. The summed E-state index contributed by atoms with van der Waals surface area (Å²) in [4.78, 5) is 25.7. The molecule has 1 aliphatic rings.